The minimum Gasteiger partial charge on any atom is -0.497 e. The van der Waals surface area contributed by atoms with Gasteiger partial charge in [-0.15, -0.1) is 0 Å². The van der Waals surface area contributed by atoms with Crippen molar-refractivity contribution in [2.45, 2.75) is 19.9 Å². The molecule has 34 heavy (non-hydrogen) atoms. The van der Waals surface area contributed by atoms with Gasteiger partial charge in [-0.05, 0) is 43.7 Å². The molecule has 172 valence electrons. The van der Waals surface area contributed by atoms with Crippen LogP contribution in [0.15, 0.2) is 75.8 Å². The van der Waals surface area contributed by atoms with Crippen molar-refractivity contribution in [1.29, 1.82) is 0 Å². The Morgan fingerprint density at radius 3 is 2.85 bits per heavy atom. The van der Waals surface area contributed by atoms with E-state index in [4.69, 9.17) is 9.47 Å². The van der Waals surface area contributed by atoms with Gasteiger partial charge in [0, 0.05) is 22.7 Å². The van der Waals surface area contributed by atoms with Crippen LogP contribution in [0.3, 0.4) is 0 Å². The summed E-state index contributed by atoms with van der Waals surface area (Å²) >= 11 is 1.30. The summed E-state index contributed by atoms with van der Waals surface area (Å²) in [6.45, 7) is 3.76. The minimum atomic E-state index is -0.671. The molecule has 3 heterocycles. The molecule has 1 atom stereocenters. The van der Waals surface area contributed by atoms with Gasteiger partial charge in [0.05, 0.1) is 35.6 Å². The molecule has 5 rings (SSSR count). The number of nitrogens with zero attached hydrogens (tertiary/aromatic N) is 2. The van der Waals surface area contributed by atoms with E-state index >= 15 is 0 Å². The molecule has 1 aliphatic rings. The lowest BCUT2D eigenvalue weighted by Gasteiger charge is -2.24. The number of para-hydroxylation sites is 1. The maximum atomic E-state index is 13.7. The number of aromatic amines is 1. The van der Waals surface area contributed by atoms with Crippen LogP contribution in [-0.2, 0) is 9.53 Å². The van der Waals surface area contributed by atoms with Crippen molar-refractivity contribution in [1.82, 2.24) is 9.55 Å². The number of carbonyl (C=O) groups excluding carboxylic acids is 1. The third kappa shape index (κ3) is 3.66. The van der Waals surface area contributed by atoms with E-state index in [0.29, 0.717) is 26.4 Å². The van der Waals surface area contributed by atoms with E-state index in [9.17, 15) is 9.59 Å². The summed E-state index contributed by atoms with van der Waals surface area (Å²) in [5.74, 6) is 0.152. The quantitative estimate of drug-likeness (QED) is 0.451. The summed E-state index contributed by atoms with van der Waals surface area (Å²) in [7, 11) is 1.58. The lowest BCUT2D eigenvalue weighted by atomic mass is 9.95. The van der Waals surface area contributed by atoms with E-state index in [1.165, 1.54) is 11.3 Å². The van der Waals surface area contributed by atoms with Gasteiger partial charge in [-0.25, -0.2) is 9.79 Å². The molecule has 0 amide bonds. The standard InChI is InChI=1S/C26H23N3O4S/c1-4-33-25(31)22-15(2)28-26-29(23(22)16-8-7-9-18(12-16)32-3)24(30)21(34-26)13-17-14-27-20-11-6-5-10-19(17)20/h5-14,23,27H,4H2,1-3H3/b21-13-/t23-/m1/s1. The van der Waals surface area contributed by atoms with E-state index in [2.05, 4.69) is 9.98 Å². The topological polar surface area (TPSA) is 85.7 Å². The number of ether oxygens (including phenoxy) is 2. The second-order valence-corrected chi connectivity index (χ2v) is 8.88. The van der Waals surface area contributed by atoms with Crippen LogP contribution in [-0.4, -0.2) is 29.2 Å². The summed E-state index contributed by atoms with van der Waals surface area (Å²) < 4.78 is 12.9. The average Bonchev–Trinajstić information content (AvgIpc) is 3.39. The Labute approximate surface area is 199 Å². The molecule has 0 radical (unpaired) electrons. The lowest BCUT2D eigenvalue weighted by Crippen LogP contribution is -2.39. The predicted octanol–water partition coefficient (Wildman–Crippen LogP) is 3.29. The van der Waals surface area contributed by atoms with Crippen LogP contribution in [0.1, 0.15) is 31.0 Å². The fourth-order valence-corrected chi connectivity index (χ4v) is 5.31. The zero-order valence-corrected chi connectivity index (χ0v) is 19.8. The van der Waals surface area contributed by atoms with E-state index < -0.39 is 12.0 Å². The Hall–Kier alpha value is -3.91. The Morgan fingerprint density at radius 2 is 2.06 bits per heavy atom. The maximum absolute atomic E-state index is 13.7. The van der Waals surface area contributed by atoms with Gasteiger partial charge >= 0.3 is 5.97 Å². The Bertz CT molecular complexity index is 1620. The van der Waals surface area contributed by atoms with Crippen LogP contribution in [0.5, 0.6) is 5.75 Å². The zero-order valence-electron chi connectivity index (χ0n) is 19.0. The molecule has 0 bridgehead atoms. The SMILES string of the molecule is CCOC(=O)C1=C(C)N=c2s/c(=C\c3c[nH]c4ccccc34)c(=O)n2[C@@H]1c1cccc(OC)c1. The second-order valence-electron chi connectivity index (χ2n) is 7.87. The molecular formula is C26H23N3O4S. The molecule has 1 aliphatic heterocycles. The van der Waals surface area contributed by atoms with Crippen LogP contribution in [0.4, 0.5) is 0 Å². The van der Waals surface area contributed by atoms with Gasteiger partial charge in [-0.3, -0.25) is 9.36 Å². The number of thiazole rings is 1. The van der Waals surface area contributed by atoms with Crippen LogP contribution >= 0.6 is 11.3 Å². The predicted molar refractivity (Wildman–Crippen MR) is 132 cm³/mol. The lowest BCUT2D eigenvalue weighted by molar-refractivity contribution is -0.139. The molecular weight excluding hydrogens is 450 g/mol. The fraction of sp³-hybridized carbons (Fsp3) is 0.192. The first-order valence-corrected chi connectivity index (χ1v) is 11.7. The highest BCUT2D eigenvalue weighted by atomic mass is 32.1. The van der Waals surface area contributed by atoms with E-state index in [0.717, 1.165) is 22.0 Å². The van der Waals surface area contributed by atoms with Gasteiger partial charge in [0.1, 0.15) is 5.75 Å². The number of carbonyl (C=O) groups is 1. The van der Waals surface area contributed by atoms with Gasteiger partial charge in [-0.1, -0.05) is 41.7 Å². The number of nitrogens with one attached hydrogen (secondary N) is 1. The van der Waals surface area contributed by atoms with Crippen LogP contribution in [0.25, 0.3) is 17.0 Å². The van der Waals surface area contributed by atoms with E-state index in [1.54, 1.807) is 25.5 Å². The highest BCUT2D eigenvalue weighted by molar-refractivity contribution is 7.07. The van der Waals surface area contributed by atoms with Crippen molar-refractivity contribution in [3.8, 4) is 5.75 Å². The van der Waals surface area contributed by atoms with Crippen molar-refractivity contribution in [2.24, 2.45) is 4.99 Å². The molecule has 0 saturated heterocycles. The highest BCUT2D eigenvalue weighted by Gasteiger charge is 2.33. The third-order valence-corrected chi connectivity index (χ3v) is 6.82. The number of rotatable bonds is 5. The van der Waals surface area contributed by atoms with Crippen LogP contribution in [0.2, 0.25) is 0 Å². The molecule has 4 aromatic rings. The Kier molecular flexibility index (Phi) is 5.67. The van der Waals surface area contributed by atoms with Gasteiger partial charge in [0.15, 0.2) is 4.80 Å². The van der Waals surface area contributed by atoms with Gasteiger partial charge in [0.25, 0.3) is 5.56 Å². The first kappa shape index (κ1) is 21.9. The number of fused-ring (bicyclic) bond motifs is 2. The van der Waals surface area contributed by atoms with Gasteiger partial charge in [-0.2, -0.15) is 0 Å². The summed E-state index contributed by atoms with van der Waals surface area (Å²) in [5.41, 5.74) is 3.33. The molecule has 1 N–H and O–H groups in total. The number of esters is 1. The molecule has 2 aromatic carbocycles. The number of aromatic nitrogens is 2. The molecule has 0 saturated carbocycles. The Morgan fingerprint density at radius 1 is 1.24 bits per heavy atom. The largest absolute Gasteiger partial charge is 0.497 e. The molecule has 0 fully saturated rings. The van der Waals surface area contributed by atoms with Crippen molar-refractivity contribution < 1.29 is 14.3 Å². The highest BCUT2D eigenvalue weighted by Crippen LogP contribution is 2.32. The molecule has 8 heteroatoms. The minimum absolute atomic E-state index is 0.212. The third-order valence-electron chi connectivity index (χ3n) is 5.83. The van der Waals surface area contributed by atoms with Crippen LogP contribution in [0, 0.1) is 0 Å². The second kappa shape index (κ2) is 8.79. The number of H-pyrrole nitrogens is 1. The molecule has 0 spiro atoms. The van der Waals surface area contributed by atoms with Crippen molar-refractivity contribution in [2.75, 3.05) is 13.7 Å². The average molecular weight is 474 g/mol. The van der Waals surface area contributed by atoms with Crippen molar-refractivity contribution in [3.63, 3.8) is 0 Å². The molecule has 2 aromatic heterocycles. The van der Waals surface area contributed by atoms with E-state index in [-0.39, 0.29) is 12.2 Å². The van der Waals surface area contributed by atoms with Gasteiger partial charge < -0.3 is 14.5 Å². The monoisotopic (exact) mass is 473 g/mol. The summed E-state index contributed by atoms with van der Waals surface area (Å²) in [6, 6.07) is 14.6. The van der Waals surface area contributed by atoms with Crippen LogP contribution < -0.4 is 19.6 Å². The summed E-state index contributed by atoms with van der Waals surface area (Å²) in [6.07, 6.45) is 3.76. The number of benzene rings is 2. The van der Waals surface area contributed by atoms with E-state index in [1.807, 2.05) is 60.8 Å². The summed E-state index contributed by atoms with van der Waals surface area (Å²) in [4.78, 5) is 35.1. The molecule has 0 unspecified atom stereocenters. The molecule has 0 aliphatic carbocycles. The van der Waals surface area contributed by atoms with Crippen molar-refractivity contribution >= 4 is 34.3 Å². The Balaban J connectivity index is 1.75. The summed E-state index contributed by atoms with van der Waals surface area (Å²) in [5, 5.41) is 1.03. The number of hydrogen-bond donors (Lipinski definition) is 1. The fourth-order valence-electron chi connectivity index (χ4n) is 4.27. The smallest absolute Gasteiger partial charge is 0.338 e. The number of methoxy groups -OCH3 is 1. The zero-order chi connectivity index (χ0) is 23.8. The number of hydrogen-bond acceptors (Lipinski definition) is 6. The molecule has 7 nitrogen and oxygen atoms in total. The van der Waals surface area contributed by atoms with Gasteiger partial charge in [0.2, 0.25) is 0 Å². The number of allylic oxidation sites excluding steroid dienone is 1. The first-order chi connectivity index (χ1) is 16.5. The first-order valence-electron chi connectivity index (χ1n) is 10.9. The maximum Gasteiger partial charge on any atom is 0.338 e. The van der Waals surface area contributed by atoms with Crippen molar-refractivity contribution in [3.05, 3.63) is 96.8 Å². The normalized spacial score (nSPS) is 15.9.